The van der Waals surface area contributed by atoms with Crippen LogP contribution in [0.3, 0.4) is 0 Å². The Kier molecular flexibility index (Phi) is 4.52. The third kappa shape index (κ3) is 3.43. The predicted octanol–water partition coefficient (Wildman–Crippen LogP) is 3.95. The van der Waals surface area contributed by atoms with E-state index in [9.17, 15) is 9.59 Å². The van der Waals surface area contributed by atoms with Crippen LogP contribution < -0.4 is 9.80 Å². The Morgan fingerprint density at radius 3 is 2.45 bits per heavy atom. The van der Waals surface area contributed by atoms with E-state index in [4.69, 9.17) is 4.74 Å². The first-order valence-corrected chi connectivity index (χ1v) is 7.99. The van der Waals surface area contributed by atoms with E-state index in [-0.39, 0.29) is 11.9 Å². The zero-order chi connectivity index (χ0) is 16.7. The maximum atomic E-state index is 12.5. The zero-order valence-corrected chi connectivity index (χ0v) is 15.1. The summed E-state index contributed by atoms with van der Waals surface area (Å²) in [5.41, 5.74) is 0.835. The number of carbonyl (C=O) groups excluding carboxylic acids is 2. The van der Waals surface area contributed by atoms with Gasteiger partial charge in [-0.05, 0) is 45.9 Å². The molecule has 1 atom stereocenters. The normalized spacial score (nSPS) is 18.0. The highest BCUT2D eigenvalue weighted by Gasteiger charge is 2.35. The van der Waals surface area contributed by atoms with E-state index in [1.54, 1.807) is 9.80 Å². The van der Waals surface area contributed by atoms with Gasteiger partial charge in [-0.3, -0.25) is 9.69 Å². The van der Waals surface area contributed by atoms with Crippen molar-refractivity contribution in [3.05, 3.63) is 22.7 Å². The van der Waals surface area contributed by atoms with Gasteiger partial charge in [0.05, 0.1) is 17.4 Å². The van der Waals surface area contributed by atoms with Crippen LogP contribution in [-0.4, -0.2) is 30.2 Å². The molecular formula is C16H21BrN2O3. The fourth-order valence-corrected chi connectivity index (χ4v) is 2.92. The SMILES string of the molecule is CC(=O)N1c2ccc(Br)cc2N(C(=O)OC(C)(C)C)CC1C. The van der Waals surface area contributed by atoms with Crippen molar-refractivity contribution in [1.29, 1.82) is 0 Å². The maximum absolute atomic E-state index is 12.5. The summed E-state index contributed by atoms with van der Waals surface area (Å²) in [4.78, 5) is 27.7. The second-order valence-electron chi connectivity index (χ2n) is 6.46. The number of anilines is 2. The maximum Gasteiger partial charge on any atom is 0.414 e. The number of hydrogen-bond donors (Lipinski definition) is 0. The minimum Gasteiger partial charge on any atom is -0.443 e. The number of halogens is 1. The molecule has 0 saturated heterocycles. The molecule has 0 spiro atoms. The van der Waals surface area contributed by atoms with E-state index in [0.29, 0.717) is 12.2 Å². The third-order valence-corrected chi connectivity index (χ3v) is 3.82. The number of benzene rings is 1. The number of ether oxygens (including phenoxy) is 1. The summed E-state index contributed by atoms with van der Waals surface area (Å²) >= 11 is 3.42. The Balaban J connectivity index is 2.46. The van der Waals surface area contributed by atoms with Crippen LogP contribution in [0, 0.1) is 0 Å². The molecule has 1 aliphatic rings. The summed E-state index contributed by atoms with van der Waals surface area (Å²) in [6.07, 6.45) is -0.401. The molecule has 1 heterocycles. The minimum absolute atomic E-state index is 0.0417. The van der Waals surface area contributed by atoms with Gasteiger partial charge in [0.25, 0.3) is 0 Å². The van der Waals surface area contributed by atoms with Gasteiger partial charge >= 0.3 is 6.09 Å². The molecular weight excluding hydrogens is 348 g/mol. The summed E-state index contributed by atoms with van der Waals surface area (Å²) in [5, 5.41) is 0. The van der Waals surface area contributed by atoms with Crippen LogP contribution in [0.25, 0.3) is 0 Å². The first kappa shape index (κ1) is 16.8. The molecule has 0 saturated carbocycles. The monoisotopic (exact) mass is 368 g/mol. The van der Waals surface area contributed by atoms with E-state index in [1.807, 2.05) is 45.9 Å². The lowest BCUT2D eigenvalue weighted by molar-refractivity contribution is -0.117. The molecule has 0 bridgehead atoms. The number of fused-ring (bicyclic) bond motifs is 1. The van der Waals surface area contributed by atoms with Crippen LogP contribution in [0.15, 0.2) is 22.7 Å². The van der Waals surface area contributed by atoms with Gasteiger partial charge in [-0.25, -0.2) is 4.79 Å². The Morgan fingerprint density at radius 1 is 1.27 bits per heavy atom. The highest BCUT2D eigenvalue weighted by molar-refractivity contribution is 9.10. The molecule has 120 valence electrons. The second-order valence-corrected chi connectivity index (χ2v) is 7.38. The molecule has 5 nitrogen and oxygen atoms in total. The molecule has 0 aliphatic carbocycles. The largest absolute Gasteiger partial charge is 0.443 e. The predicted molar refractivity (Wildman–Crippen MR) is 90.3 cm³/mol. The van der Waals surface area contributed by atoms with Gasteiger partial charge in [0, 0.05) is 17.9 Å². The van der Waals surface area contributed by atoms with Crippen LogP contribution in [0.1, 0.15) is 34.6 Å². The molecule has 1 aromatic rings. The molecule has 0 aromatic heterocycles. The lowest BCUT2D eigenvalue weighted by Crippen LogP contribution is -2.52. The van der Waals surface area contributed by atoms with Gasteiger partial charge in [0.15, 0.2) is 0 Å². The second kappa shape index (κ2) is 5.91. The number of carbonyl (C=O) groups is 2. The van der Waals surface area contributed by atoms with Gasteiger partial charge in [-0.1, -0.05) is 15.9 Å². The Labute approximate surface area is 139 Å². The molecule has 0 radical (unpaired) electrons. The van der Waals surface area contributed by atoms with Crippen molar-refractivity contribution in [2.24, 2.45) is 0 Å². The molecule has 0 N–H and O–H groups in total. The molecule has 6 heteroatoms. The van der Waals surface area contributed by atoms with Crippen LogP contribution in [-0.2, 0) is 9.53 Å². The standard InChI is InChI=1S/C16H21BrN2O3/c1-10-9-18(15(21)22-16(3,4)5)14-8-12(17)6-7-13(14)19(10)11(2)20/h6-8,10H,9H2,1-5H3. The summed E-state index contributed by atoms with van der Waals surface area (Å²) < 4.78 is 6.33. The number of rotatable bonds is 0. The topological polar surface area (TPSA) is 49.9 Å². The van der Waals surface area contributed by atoms with Crippen LogP contribution in [0.5, 0.6) is 0 Å². The smallest absolute Gasteiger partial charge is 0.414 e. The van der Waals surface area contributed by atoms with E-state index in [2.05, 4.69) is 15.9 Å². The number of amides is 2. The van der Waals surface area contributed by atoms with Gasteiger partial charge < -0.3 is 9.64 Å². The average molecular weight is 369 g/mol. The molecule has 2 amide bonds. The Bertz CT molecular complexity index is 610. The van der Waals surface area contributed by atoms with E-state index in [1.165, 1.54) is 6.92 Å². The highest BCUT2D eigenvalue weighted by Crippen LogP contribution is 2.38. The van der Waals surface area contributed by atoms with Gasteiger partial charge in [0.2, 0.25) is 5.91 Å². The molecule has 0 fully saturated rings. The summed E-state index contributed by atoms with van der Waals surface area (Å²) in [6.45, 7) is 9.36. The number of hydrogen-bond acceptors (Lipinski definition) is 3. The lowest BCUT2D eigenvalue weighted by Gasteiger charge is -2.41. The van der Waals surface area contributed by atoms with Crippen molar-refractivity contribution in [1.82, 2.24) is 0 Å². The van der Waals surface area contributed by atoms with Gasteiger partial charge in [0.1, 0.15) is 5.60 Å². The van der Waals surface area contributed by atoms with Crippen LogP contribution in [0.2, 0.25) is 0 Å². The molecule has 1 aromatic carbocycles. The Morgan fingerprint density at radius 2 is 1.91 bits per heavy atom. The van der Waals surface area contributed by atoms with Crippen molar-refractivity contribution in [3.8, 4) is 0 Å². The quantitative estimate of drug-likeness (QED) is 0.696. The van der Waals surface area contributed by atoms with Crippen molar-refractivity contribution in [3.63, 3.8) is 0 Å². The molecule has 22 heavy (non-hydrogen) atoms. The third-order valence-electron chi connectivity index (χ3n) is 3.33. The molecule has 2 rings (SSSR count). The molecule has 1 aliphatic heterocycles. The molecule has 1 unspecified atom stereocenters. The van der Waals surface area contributed by atoms with Crippen molar-refractivity contribution in [2.75, 3.05) is 16.3 Å². The minimum atomic E-state index is -0.565. The highest BCUT2D eigenvalue weighted by atomic mass is 79.9. The average Bonchev–Trinajstić information content (AvgIpc) is 2.35. The van der Waals surface area contributed by atoms with Gasteiger partial charge in [-0.2, -0.15) is 0 Å². The van der Waals surface area contributed by atoms with E-state index >= 15 is 0 Å². The first-order chi connectivity index (χ1) is 10.1. The van der Waals surface area contributed by atoms with Crippen molar-refractivity contribution >= 4 is 39.3 Å². The number of nitrogens with zero attached hydrogens (tertiary/aromatic N) is 2. The summed E-state index contributed by atoms with van der Waals surface area (Å²) in [7, 11) is 0. The summed E-state index contributed by atoms with van der Waals surface area (Å²) in [5.74, 6) is -0.0417. The fourth-order valence-electron chi connectivity index (χ4n) is 2.57. The zero-order valence-electron chi connectivity index (χ0n) is 13.5. The first-order valence-electron chi connectivity index (χ1n) is 7.20. The Hall–Kier alpha value is -1.56. The van der Waals surface area contributed by atoms with Crippen molar-refractivity contribution < 1.29 is 14.3 Å². The van der Waals surface area contributed by atoms with E-state index in [0.717, 1.165) is 10.2 Å². The fraction of sp³-hybridized carbons (Fsp3) is 0.500. The lowest BCUT2D eigenvalue weighted by atomic mass is 10.1. The van der Waals surface area contributed by atoms with Crippen LogP contribution >= 0.6 is 15.9 Å². The van der Waals surface area contributed by atoms with Gasteiger partial charge in [-0.15, -0.1) is 0 Å². The van der Waals surface area contributed by atoms with Crippen LogP contribution in [0.4, 0.5) is 16.2 Å². The summed E-state index contributed by atoms with van der Waals surface area (Å²) in [6, 6.07) is 5.42. The van der Waals surface area contributed by atoms with Crippen molar-refractivity contribution in [2.45, 2.75) is 46.3 Å². The van der Waals surface area contributed by atoms with E-state index < -0.39 is 11.7 Å².